The summed E-state index contributed by atoms with van der Waals surface area (Å²) in [5.74, 6) is -0.397. The summed E-state index contributed by atoms with van der Waals surface area (Å²) in [6.45, 7) is 0.938. The Hall–Kier alpha value is -3.65. The predicted octanol–water partition coefficient (Wildman–Crippen LogP) is 2.71. The van der Waals surface area contributed by atoms with Gasteiger partial charge in [-0.3, -0.25) is 9.32 Å². The Bertz CT molecular complexity index is 1630. The number of carbonyl (C=O) groups excluding carboxylic acids is 1. The van der Waals surface area contributed by atoms with Crippen LogP contribution in [0.5, 0.6) is 5.75 Å². The Morgan fingerprint density at radius 1 is 1.24 bits per heavy atom. The van der Waals surface area contributed by atoms with Crippen molar-refractivity contribution in [2.45, 2.75) is 43.8 Å². The molecular formula is C27H31FN5O8P. The molecule has 0 radical (unpaired) electrons. The normalized spacial score (nSPS) is 24.5. The molecular weight excluding hydrogens is 572 g/mol. The number of alkyl halides is 1. The van der Waals surface area contributed by atoms with Crippen LogP contribution in [0.2, 0.25) is 0 Å². The molecule has 1 fully saturated rings. The van der Waals surface area contributed by atoms with E-state index < -0.39 is 57.0 Å². The average Bonchev–Trinajstić information content (AvgIpc) is 3.52. The Morgan fingerprint density at radius 3 is 2.76 bits per heavy atom. The SMILES string of the molecule is CCOC(=O)[C@H](C)NP(=O)(OC[C@@]1(CF)O[C@@H](c2ccc3c(N)ncnn23)[C@H](O)[C@@H]1O)Oc1cccc2ccccc12. The second-order valence-corrected chi connectivity index (χ2v) is 11.5. The molecule has 1 aliphatic heterocycles. The molecule has 1 saturated heterocycles. The summed E-state index contributed by atoms with van der Waals surface area (Å²) in [6.07, 6.45) is -3.50. The Labute approximate surface area is 239 Å². The number of hydrogen-bond donors (Lipinski definition) is 4. The van der Waals surface area contributed by atoms with E-state index in [0.717, 1.165) is 5.39 Å². The van der Waals surface area contributed by atoms with Gasteiger partial charge >= 0.3 is 13.7 Å². The van der Waals surface area contributed by atoms with Crippen LogP contribution in [0, 0.1) is 0 Å². The minimum atomic E-state index is -4.49. The van der Waals surface area contributed by atoms with Crippen molar-refractivity contribution in [2.75, 3.05) is 25.6 Å². The minimum Gasteiger partial charge on any atom is -0.465 e. The van der Waals surface area contributed by atoms with Crippen LogP contribution >= 0.6 is 7.75 Å². The molecule has 4 aromatic rings. The molecule has 2 aromatic carbocycles. The van der Waals surface area contributed by atoms with E-state index >= 15 is 0 Å². The first-order valence-electron chi connectivity index (χ1n) is 13.2. The number of ether oxygens (including phenoxy) is 2. The topological polar surface area (TPSA) is 180 Å². The number of benzene rings is 2. The van der Waals surface area contributed by atoms with Crippen molar-refractivity contribution in [1.29, 1.82) is 0 Å². The van der Waals surface area contributed by atoms with Gasteiger partial charge in [-0.25, -0.2) is 18.5 Å². The van der Waals surface area contributed by atoms with Gasteiger partial charge in [-0.15, -0.1) is 0 Å². The van der Waals surface area contributed by atoms with Crippen LogP contribution in [0.1, 0.15) is 25.6 Å². The Morgan fingerprint density at radius 2 is 2.00 bits per heavy atom. The van der Waals surface area contributed by atoms with Crippen LogP contribution in [-0.4, -0.2) is 74.5 Å². The van der Waals surface area contributed by atoms with Crippen molar-refractivity contribution in [1.82, 2.24) is 19.7 Å². The molecule has 5 N–H and O–H groups in total. The fourth-order valence-electron chi connectivity index (χ4n) is 4.81. The van der Waals surface area contributed by atoms with Gasteiger partial charge in [-0.2, -0.15) is 10.2 Å². The standard InChI is InChI=1S/C27H31FN5O8P/c1-3-38-26(36)16(2)32-42(37,41-21-10-6-8-17-7-4-5-9-18(17)21)39-14-27(13-28)24(35)22(34)23(40-27)19-11-12-20-25(29)30-15-31-33(19)20/h4-12,15-16,22-24,34-35H,3,13-14H2,1-2H3,(H,32,37)(H2,29,30,31)/t16-,22-,23-,24-,27+,42?/m0/s1. The molecule has 0 amide bonds. The first-order chi connectivity index (χ1) is 20.1. The van der Waals surface area contributed by atoms with E-state index in [1.54, 1.807) is 43.3 Å². The highest BCUT2D eigenvalue weighted by Crippen LogP contribution is 2.50. The van der Waals surface area contributed by atoms with Gasteiger partial charge < -0.3 is 29.9 Å². The van der Waals surface area contributed by atoms with E-state index in [1.165, 1.54) is 17.8 Å². The zero-order valence-electron chi connectivity index (χ0n) is 22.8. The smallest absolute Gasteiger partial charge is 0.459 e. The summed E-state index contributed by atoms with van der Waals surface area (Å²) in [5.41, 5.74) is 4.41. The summed E-state index contributed by atoms with van der Waals surface area (Å²) in [5, 5.41) is 29.9. The number of anilines is 1. The van der Waals surface area contributed by atoms with Crippen LogP contribution in [0.4, 0.5) is 10.2 Å². The monoisotopic (exact) mass is 603 g/mol. The largest absolute Gasteiger partial charge is 0.465 e. The number of nitrogens with one attached hydrogen (secondary N) is 1. The molecule has 224 valence electrons. The number of aliphatic hydroxyl groups excluding tert-OH is 2. The molecule has 13 nitrogen and oxygen atoms in total. The molecule has 0 saturated carbocycles. The lowest BCUT2D eigenvalue weighted by Gasteiger charge is -2.31. The van der Waals surface area contributed by atoms with Crippen molar-refractivity contribution >= 4 is 35.8 Å². The van der Waals surface area contributed by atoms with Gasteiger partial charge in [0, 0.05) is 5.39 Å². The van der Waals surface area contributed by atoms with E-state index in [9.17, 15) is 24.0 Å². The summed E-state index contributed by atoms with van der Waals surface area (Å²) >= 11 is 0. The molecule has 5 rings (SSSR count). The van der Waals surface area contributed by atoms with Gasteiger partial charge in [-0.05, 0) is 37.4 Å². The lowest BCUT2D eigenvalue weighted by Crippen LogP contribution is -2.49. The zero-order chi connectivity index (χ0) is 30.1. The van der Waals surface area contributed by atoms with Crippen LogP contribution in [0.3, 0.4) is 0 Å². The fraction of sp³-hybridized carbons (Fsp3) is 0.370. The number of hydrogen-bond acceptors (Lipinski definition) is 11. The summed E-state index contributed by atoms with van der Waals surface area (Å²) in [4.78, 5) is 16.3. The Kier molecular flexibility index (Phi) is 8.46. The number of nitrogen functional groups attached to an aromatic ring is 1. The Balaban J connectivity index is 1.44. The van der Waals surface area contributed by atoms with E-state index in [-0.39, 0.29) is 23.9 Å². The van der Waals surface area contributed by atoms with Crippen molar-refractivity contribution in [3.8, 4) is 5.75 Å². The third-order valence-electron chi connectivity index (χ3n) is 7.00. The molecule has 15 heteroatoms. The van der Waals surface area contributed by atoms with Crippen molar-refractivity contribution in [3.05, 3.63) is 66.6 Å². The molecule has 1 aliphatic rings. The fourth-order valence-corrected chi connectivity index (χ4v) is 6.37. The number of carbonyl (C=O) groups is 1. The molecule has 0 bridgehead atoms. The highest BCUT2D eigenvalue weighted by atomic mass is 31.2. The minimum absolute atomic E-state index is 0.0788. The average molecular weight is 604 g/mol. The van der Waals surface area contributed by atoms with Gasteiger partial charge in [0.15, 0.2) is 5.82 Å². The molecule has 2 aromatic heterocycles. The number of nitrogens with zero attached hydrogens (tertiary/aromatic N) is 3. The van der Waals surface area contributed by atoms with Gasteiger partial charge in [-0.1, -0.05) is 36.4 Å². The molecule has 6 atom stereocenters. The third kappa shape index (κ3) is 5.56. The van der Waals surface area contributed by atoms with Crippen LogP contribution in [0.15, 0.2) is 60.9 Å². The number of nitrogens with two attached hydrogens (primary N) is 1. The number of aromatic nitrogens is 3. The van der Waals surface area contributed by atoms with Crippen molar-refractivity contribution < 1.29 is 42.5 Å². The molecule has 42 heavy (non-hydrogen) atoms. The van der Waals surface area contributed by atoms with Gasteiger partial charge in [0.2, 0.25) is 0 Å². The highest BCUT2D eigenvalue weighted by molar-refractivity contribution is 7.52. The molecule has 3 heterocycles. The highest BCUT2D eigenvalue weighted by Gasteiger charge is 2.57. The van der Waals surface area contributed by atoms with Crippen molar-refractivity contribution in [3.63, 3.8) is 0 Å². The summed E-state index contributed by atoms with van der Waals surface area (Å²) in [6, 6.07) is 14.2. The number of aliphatic hydroxyl groups is 2. The first kappa shape index (κ1) is 29.8. The van der Waals surface area contributed by atoms with Gasteiger partial charge in [0.25, 0.3) is 0 Å². The third-order valence-corrected chi connectivity index (χ3v) is 8.61. The van der Waals surface area contributed by atoms with E-state index in [1.807, 2.05) is 18.2 Å². The van der Waals surface area contributed by atoms with Gasteiger partial charge in [0.1, 0.15) is 54.2 Å². The predicted molar refractivity (Wildman–Crippen MR) is 149 cm³/mol. The molecule has 1 unspecified atom stereocenters. The maximum Gasteiger partial charge on any atom is 0.459 e. The summed E-state index contributed by atoms with van der Waals surface area (Å²) in [7, 11) is -4.49. The van der Waals surface area contributed by atoms with E-state index in [4.69, 9.17) is 24.3 Å². The summed E-state index contributed by atoms with van der Waals surface area (Å²) < 4.78 is 52.7. The van der Waals surface area contributed by atoms with Crippen molar-refractivity contribution in [2.24, 2.45) is 0 Å². The number of fused-ring (bicyclic) bond motifs is 2. The second-order valence-electron chi connectivity index (χ2n) is 9.82. The molecule has 0 spiro atoms. The lowest BCUT2D eigenvalue weighted by atomic mass is 9.96. The quantitative estimate of drug-likeness (QED) is 0.146. The number of rotatable bonds is 11. The van der Waals surface area contributed by atoms with Crippen LogP contribution in [0.25, 0.3) is 16.3 Å². The lowest BCUT2D eigenvalue weighted by molar-refractivity contribution is -0.144. The number of halogens is 1. The van der Waals surface area contributed by atoms with Gasteiger partial charge in [0.05, 0.1) is 18.9 Å². The van der Waals surface area contributed by atoms with Crippen LogP contribution < -0.4 is 15.3 Å². The second kappa shape index (κ2) is 11.9. The maximum atomic E-state index is 14.7. The zero-order valence-corrected chi connectivity index (χ0v) is 23.7. The maximum absolute atomic E-state index is 14.7. The van der Waals surface area contributed by atoms with E-state index in [2.05, 4.69) is 15.2 Å². The van der Waals surface area contributed by atoms with Crippen LogP contribution in [-0.2, 0) is 23.4 Å². The first-order valence-corrected chi connectivity index (χ1v) is 14.7. The number of esters is 1. The molecule has 0 aliphatic carbocycles. The van der Waals surface area contributed by atoms with E-state index in [0.29, 0.717) is 10.9 Å².